The molecule has 2 heterocycles. The van der Waals surface area contributed by atoms with Gasteiger partial charge in [-0.05, 0) is 46.1 Å². The molecule has 1 unspecified atom stereocenters. The van der Waals surface area contributed by atoms with Crippen LogP contribution in [0.15, 0.2) is 6.07 Å². The van der Waals surface area contributed by atoms with E-state index in [2.05, 4.69) is 20.2 Å². The molecule has 0 amide bonds. The second kappa shape index (κ2) is 5.95. The summed E-state index contributed by atoms with van der Waals surface area (Å²) in [5, 5.41) is 3.57. The maximum atomic E-state index is 5.55. The van der Waals surface area contributed by atoms with Crippen molar-refractivity contribution in [3.05, 3.63) is 11.8 Å². The summed E-state index contributed by atoms with van der Waals surface area (Å²) < 4.78 is 5.55. The molecule has 5 nitrogen and oxygen atoms in total. The topological polar surface area (TPSA) is 50.3 Å². The van der Waals surface area contributed by atoms with Crippen molar-refractivity contribution >= 4 is 5.95 Å². The van der Waals surface area contributed by atoms with E-state index in [1.54, 1.807) is 0 Å². The summed E-state index contributed by atoms with van der Waals surface area (Å²) in [5.74, 6) is 1.53. The predicted octanol–water partition coefficient (Wildman–Crippen LogP) is 1.90. The first kappa shape index (κ1) is 13.6. The molecule has 1 saturated heterocycles. The van der Waals surface area contributed by atoms with Gasteiger partial charge in [0, 0.05) is 30.4 Å². The number of hydrogen-bond acceptors (Lipinski definition) is 5. The Hall–Kier alpha value is -1.36. The summed E-state index contributed by atoms with van der Waals surface area (Å²) in [5.41, 5.74) is 0.975. The van der Waals surface area contributed by atoms with Gasteiger partial charge in [0.1, 0.15) is 0 Å². The monoisotopic (exact) mass is 276 g/mol. The minimum absolute atomic E-state index is 0.579. The lowest BCUT2D eigenvalue weighted by molar-refractivity contribution is 0.325. The Labute approximate surface area is 120 Å². The van der Waals surface area contributed by atoms with Crippen molar-refractivity contribution in [3.63, 3.8) is 0 Å². The lowest BCUT2D eigenvalue weighted by atomic mass is 10.2. The van der Waals surface area contributed by atoms with Crippen molar-refractivity contribution in [3.8, 4) is 5.88 Å². The summed E-state index contributed by atoms with van der Waals surface area (Å²) in [6, 6.07) is 3.11. The van der Waals surface area contributed by atoms with E-state index in [4.69, 9.17) is 4.74 Å². The number of ether oxygens (including phenoxy) is 1. The van der Waals surface area contributed by atoms with Crippen molar-refractivity contribution in [2.75, 3.05) is 24.6 Å². The van der Waals surface area contributed by atoms with Gasteiger partial charge < -0.3 is 15.0 Å². The van der Waals surface area contributed by atoms with Crippen LogP contribution in [0.3, 0.4) is 0 Å². The Balaban J connectivity index is 1.79. The van der Waals surface area contributed by atoms with Gasteiger partial charge in [-0.15, -0.1) is 0 Å². The van der Waals surface area contributed by atoms with Crippen molar-refractivity contribution in [2.45, 2.75) is 51.6 Å². The Morgan fingerprint density at radius 1 is 1.35 bits per heavy atom. The smallest absolute Gasteiger partial charge is 0.229 e. The molecule has 0 radical (unpaired) electrons. The minimum Gasteiger partial charge on any atom is -0.478 e. The quantitative estimate of drug-likeness (QED) is 0.860. The van der Waals surface area contributed by atoms with E-state index in [0.29, 0.717) is 24.6 Å². The molecule has 20 heavy (non-hydrogen) atoms. The van der Waals surface area contributed by atoms with Gasteiger partial charge in [0.05, 0.1) is 6.61 Å². The Morgan fingerprint density at radius 3 is 2.85 bits per heavy atom. The molecular weight excluding hydrogens is 252 g/mol. The van der Waals surface area contributed by atoms with Gasteiger partial charge in [-0.25, -0.2) is 4.98 Å². The third kappa shape index (κ3) is 3.20. The molecule has 1 aliphatic heterocycles. The number of hydrogen-bond donors (Lipinski definition) is 1. The minimum atomic E-state index is 0.579. The fourth-order valence-corrected chi connectivity index (χ4v) is 2.81. The number of rotatable bonds is 6. The summed E-state index contributed by atoms with van der Waals surface area (Å²) >= 11 is 0. The highest BCUT2D eigenvalue weighted by atomic mass is 16.5. The van der Waals surface area contributed by atoms with Crippen molar-refractivity contribution in [2.24, 2.45) is 0 Å². The van der Waals surface area contributed by atoms with Crippen LogP contribution in [0.2, 0.25) is 0 Å². The number of aryl methyl sites for hydroxylation is 1. The molecular formula is C15H24N4O. The van der Waals surface area contributed by atoms with Gasteiger partial charge in [-0.1, -0.05) is 0 Å². The molecule has 3 rings (SSSR count). The van der Waals surface area contributed by atoms with E-state index >= 15 is 0 Å². The normalized spacial score (nSPS) is 22.0. The van der Waals surface area contributed by atoms with Gasteiger partial charge in [0.15, 0.2) is 0 Å². The van der Waals surface area contributed by atoms with E-state index in [1.165, 1.54) is 25.7 Å². The van der Waals surface area contributed by atoms with Crippen LogP contribution in [0.25, 0.3) is 0 Å². The summed E-state index contributed by atoms with van der Waals surface area (Å²) in [7, 11) is 0. The van der Waals surface area contributed by atoms with E-state index < -0.39 is 0 Å². The van der Waals surface area contributed by atoms with Gasteiger partial charge in [-0.3, -0.25) is 0 Å². The number of anilines is 1. The summed E-state index contributed by atoms with van der Waals surface area (Å²) in [6.07, 6.45) is 5.05. The molecule has 0 spiro atoms. The third-order valence-electron chi connectivity index (χ3n) is 3.94. The van der Waals surface area contributed by atoms with Gasteiger partial charge in [-0.2, -0.15) is 4.98 Å². The SMILES string of the molecule is CCOc1cc(C)nc(N(CC2CCCN2)C2CC2)n1. The number of nitrogens with one attached hydrogen (secondary N) is 1. The Kier molecular flexibility index (Phi) is 4.05. The number of aromatic nitrogens is 2. The molecule has 5 heteroatoms. The molecule has 2 fully saturated rings. The zero-order chi connectivity index (χ0) is 13.9. The van der Waals surface area contributed by atoms with Gasteiger partial charge in [0.2, 0.25) is 11.8 Å². The van der Waals surface area contributed by atoms with Crippen LogP contribution in [0, 0.1) is 6.92 Å². The fourth-order valence-electron chi connectivity index (χ4n) is 2.81. The van der Waals surface area contributed by atoms with Crippen LogP contribution in [0.1, 0.15) is 38.3 Å². The van der Waals surface area contributed by atoms with Crippen LogP contribution in [-0.4, -0.2) is 41.7 Å². The highest BCUT2D eigenvalue weighted by Crippen LogP contribution is 2.31. The summed E-state index contributed by atoms with van der Waals surface area (Å²) in [4.78, 5) is 11.6. The fraction of sp³-hybridized carbons (Fsp3) is 0.733. The summed E-state index contributed by atoms with van der Waals surface area (Å²) in [6.45, 7) is 6.79. The van der Waals surface area contributed by atoms with Crippen LogP contribution < -0.4 is 15.0 Å². The maximum Gasteiger partial charge on any atom is 0.229 e. The zero-order valence-electron chi connectivity index (χ0n) is 12.4. The van der Waals surface area contributed by atoms with Crippen LogP contribution >= 0.6 is 0 Å². The predicted molar refractivity (Wildman–Crippen MR) is 79.3 cm³/mol. The molecule has 0 bridgehead atoms. The highest BCUT2D eigenvalue weighted by molar-refractivity contribution is 5.38. The number of nitrogens with zero attached hydrogens (tertiary/aromatic N) is 3. The second-order valence-electron chi connectivity index (χ2n) is 5.76. The Morgan fingerprint density at radius 2 is 2.20 bits per heavy atom. The van der Waals surface area contributed by atoms with Gasteiger partial charge in [0.25, 0.3) is 0 Å². The van der Waals surface area contributed by atoms with E-state index in [1.807, 2.05) is 19.9 Å². The first-order valence-electron chi connectivity index (χ1n) is 7.74. The van der Waals surface area contributed by atoms with Crippen molar-refractivity contribution in [1.29, 1.82) is 0 Å². The standard InChI is InChI=1S/C15H24N4O/c1-3-20-14-9-11(2)17-15(18-14)19(13-6-7-13)10-12-5-4-8-16-12/h9,12-13,16H,3-8,10H2,1-2H3. The maximum absolute atomic E-state index is 5.55. The highest BCUT2D eigenvalue weighted by Gasteiger charge is 2.33. The molecule has 2 aliphatic rings. The van der Waals surface area contributed by atoms with Gasteiger partial charge >= 0.3 is 0 Å². The average molecular weight is 276 g/mol. The first-order chi connectivity index (χ1) is 9.76. The van der Waals surface area contributed by atoms with E-state index in [0.717, 1.165) is 24.7 Å². The lowest BCUT2D eigenvalue weighted by Crippen LogP contribution is -2.39. The molecule has 0 aromatic carbocycles. The largest absolute Gasteiger partial charge is 0.478 e. The molecule has 1 saturated carbocycles. The molecule has 1 N–H and O–H groups in total. The zero-order valence-corrected chi connectivity index (χ0v) is 12.4. The van der Waals surface area contributed by atoms with E-state index in [9.17, 15) is 0 Å². The van der Waals surface area contributed by atoms with Crippen molar-refractivity contribution in [1.82, 2.24) is 15.3 Å². The Bertz CT molecular complexity index is 455. The van der Waals surface area contributed by atoms with Crippen LogP contribution in [-0.2, 0) is 0 Å². The van der Waals surface area contributed by atoms with Crippen LogP contribution in [0.5, 0.6) is 5.88 Å². The molecule has 1 aliphatic carbocycles. The average Bonchev–Trinajstić information content (AvgIpc) is 3.12. The molecule has 1 aromatic heterocycles. The molecule has 1 aromatic rings. The second-order valence-corrected chi connectivity index (χ2v) is 5.76. The van der Waals surface area contributed by atoms with Crippen LogP contribution in [0.4, 0.5) is 5.95 Å². The van der Waals surface area contributed by atoms with E-state index in [-0.39, 0.29) is 0 Å². The van der Waals surface area contributed by atoms with Crippen molar-refractivity contribution < 1.29 is 4.74 Å². The molecule has 110 valence electrons. The molecule has 1 atom stereocenters. The first-order valence-corrected chi connectivity index (χ1v) is 7.74. The lowest BCUT2D eigenvalue weighted by Gasteiger charge is -2.26. The third-order valence-corrected chi connectivity index (χ3v) is 3.94.